The molecule has 3 aromatic carbocycles. The molecule has 0 saturated heterocycles. The summed E-state index contributed by atoms with van der Waals surface area (Å²) in [5.74, 6) is -0.178. The number of hydrogen-bond donors (Lipinski definition) is 1. The number of benzene rings is 3. The van der Waals surface area contributed by atoms with Gasteiger partial charge in [-0.1, -0.05) is 42.5 Å². The Balaban J connectivity index is 1.51. The average molecular weight is 469 g/mol. The summed E-state index contributed by atoms with van der Waals surface area (Å²) >= 11 is 0. The van der Waals surface area contributed by atoms with Crippen molar-refractivity contribution in [3.05, 3.63) is 123 Å². The second-order valence-corrected chi connectivity index (χ2v) is 8.52. The molecular formula is C28H28N4O3. The van der Waals surface area contributed by atoms with Gasteiger partial charge >= 0.3 is 11.1 Å². The Bertz CT molecular complexity index is 1480. The smallest absolute Gasteiger partial charge is 0.317 e. The Morgan fingerprint density at radius 1 is 0.857 bits per heavy atom. The molecule has 0 bridgehead atoms. The van der Waals surface area contributed by atoms with Crippen LogP contribution in [0.25, 0.3) is 11.0 Å². The molecule has 1 heterocycles. The van der Waals surface area contributed by atoms with Crippen molar-refractivity contribution < 1.29 is 4.79 Å². The Hall–Kier alpha value is -4.39. The first-order chi connectivity index (χ1) is 16.9. The van der Waals surface area contributed by atoms with Crippen molar-refractivity contribution in [1.29, 1.82) is 0 Å². The van der Waals surface area contributed by atoms with Gasteiger partial charge in [-0.15, -0.1) is 6.58 Å². The summed E-state index contributed by atoms with van der Waals surface area (Å²) in [5.41, 5.74) is 3.61. The van der Waals surface area contributed by atoms with Gasteiger partial charge in [0.25, 0.3) is 5.91 Å². The number of anilines is 1. The van der Waals surface area contributed by atoms with Crippen molar-refractivity contribution in [3.8, 4) is 0 Å². The molecule has 0 aliphatic rings. The van der Waals surface area contributed by atoms with E-state index in [2.05, 4.69) is 11.9 Å². The van der Waals surface area contributed by atoms with Crippen LogP contribution in [-0.2, 0) is 19.6 Å². The molecule has 0 radical (unpaired) electrons. The number of aromatic nitrogens is 2. The molecule has 0 aliphatic heterocycles. The lowest BCUT2D eigenvalue weighted by atomic mass is 10.1. The summed E-state index contributed by atoms with van der Waals surface area (Å²) in [6.45, 7) is 4.60. The number of nitrogens with one attached hydrogen (secondary N) is 1. The van der Waals surface area contributed by atoms with Crippen LogP contribution in [0, 0.1) is 0 Å². The lowest BCUT2D eigenvalue weighted by Crippen LogP contribution is -2.41. The van der Waals surface area contributed by atoms with Crippen molar-refractivity contribution >= 4 is 22.6 Å². The van der Waals surface area contributed by atoms with Crippen LogP contribution >= 0.6 is 0 Å². The van der Waals surface area contributed by atoms with Crippen LogP contribution in [0.5, 0.6) is 0 Å². The van der Waals surface area contributed by atoms with E-state index in [1.807, 2.05) is 67.5 Å². The lowest BCUT2D eigenvalue weighted by Gasteiger charge is -2.14. The molecule has 0 atom stereocenters. The summed E-state index contributed by atoms with van der Waals surface area (Å²) in [4.78, 5) is 40.2. The average Bonchev–Trinajstić information content (AvgIpc) is 2.88. The van der Waals surface area contributed by atoms with E-state index in [0.717, 1.165) is 16.8 Å². The highest BCUT2D eigenvalue weighted by Gasteiger charge is 2.13. The fourth-order valence-electron chi connectivity index (χ4n) is 3.98. The van der Waals surface area contributed by atoms with E-state index in [-0.39, 0.29) is 19.0 Å². The van der Waals surface area contributed by atoms with Gasteiger partial charge in [0.2, 0.25) is 0 Å². The fourth-order valence-corrected chi connectivity index (χ4v) is 3.98. The first-order valence-corrected chi connectivity index (χ1v) is 11.4. The third kappa shape index (κ3) is 5.09. The minimum Gasteiger partial charge on any atom is -0.378 e. The van der Waals surface area contributed by atoms with Gasteiger partial charge in [0.15, 0.2) is 0 Å². The van der Waals surface area contributed by atoms with Gasteiger partial charge < -0.3 is 10.2 Å². The number of amides is 1. The van der Waals surface area contributed by atoms with Crippen LogP contribution in [0.3, 0.4) is 0 Å². The maximum atomic E-state index is 12.9. The predicted octanol–water partition coefficient (Wildman–Crippen LogP) is 3.39. The molecule has 7 heteroatoms. The van der Waals surface area contributed by atoms with Crippen molar-refractivity contribution in [2.45, 2.75) is 19.6 Å². The molecule has 1 aromatic heterocycles. The van der Waals surface area contributed by atoms with Gasteiger partial charge in [-0.25, -0.2) is 0 Å². The van der Waals surface area contributed by atoms with Gasteiger partial charge in [0.1, 0.15) is 0 Å². The summed E-state index contributed by atoms with van der Waals surface area (Å²) < 4.78 is 2.91. The maximum absolute atomic E-state index is 12.9. The van der Waals surface area contributed by atoms with E-state index in [1.54, 1.807) is 30.3 Å². The molecule has 0 fully saturated rings. The van der Waals surface area contributed by atoms with Gasteiger partial charge in [0, 0.05) is 38.4 Å². The topological polar surface area (TPSA) is 76.3 Å². The van der Waals surface area contributed by atoms with Crippen molar-refractivity contribution in [2.75, 3.05) is 19.0 Å². The number of para-hydroxylation sites is 2. The van der Waals surface area contributed by atoms with E-state index < -0.39 is 11.1 Å². The fraction of sp³-hybridized carbons (Fsp3) is 0.179. The van der Waals surface area contributed by atoms with Crippen molar-refractivity contribution in [1.82, 2.24) is 14.5 Å². The highest BCUT2D eigenvalue weighted by Crippen LogP contribution is 2.14. The number of rotatable bonds is 8. The highest BCUT2D eigenvalue weighted by atomic mass is 16.2. The number of carbonyl (C=O) groups excluding carboxylic acids is 1. The third-order valence-electron chi connectivity index (χ3n) is 5.91. The summed E-state index contributed by atoms with van der Waals surface area (Å²) in [5, 5.41) is 2.93. The largest absolute Gasteiger partial charge is 0.378 e. The second kappa shape index (κ2) is 10.3. The number of nitrogens with zero attached hydrogens (tertiary/aromatic N) is 3. The van der Waals surface area contributed by atoms with Crippen LogP contribution < -0.4 is 21.3 Å². The standard InChI is InChI=1S/C28H28N4O3/c1-4-17-31-24-7-5-6-8-25(24)32(28(35)27(31)34)19-21-9-13-22(14-10-21)26(33)29-18-20-11-15-23(16-12-20)30(2)3/h4-16H,1,17-19H2,2-3H3,(H,29,33). The predicted molar refractivity (Wildman–Crippen MR) is 140 cm³/mol. The van der Waals surface area contributed by atoms with Crippen LogP contribution in [0.2, 0.25) is 0 Å². The van der Waals surface area contributed by atoms with Crippen LogP contribution in [0.15, 0.2) is 95.0 Å². The Morgan fingerprint density at radius 3 is 2.03 bits per heavy atom. The summed E-state index contributed by atoms with van der Waals surface area (Å²) in [6.07, 6.45) is 1.60. The zero-order valence-corrected chi connectivity index (χ0v) is 19.9. The molecule has 0 aliphatic carbocycles. The highest BCUT2D eigenvalue weighted by molar-refractivity contribution is 5.94. The molecule has 0 unspecified atom stereocenters. The van der Waals surface area contributed by atoms with Gasteiger partial charge in [-0.2, -0.15) is 0 Å². The summed E-state index contributed by atoms with van der Waals surface area (Å²) in [7, 11) is 3.96. The molecule has 0 saturated carbocycles. The Kier molecular flexibility index (Phi) is 6.96. The lowest BCUT2D eigenvalue weighted by molar-refractivity contribution is 0.0951. The zero-order chi connectivity index (χ0) is 24.9. The monoisotopic (exact) mass is 468 g/mol. The molecule has 1 N–H and O–H groups in total. The molecule has 4 rings (SSSR count). The Morgan fingerprint density at radius 2 is 1.43 bits per heavy atom. The van der Waals surface area contributed by atoms with Crippen molar-refractivity contribution in [2.24, 2.45) is 0 Å². The van der Waals surface area contributed by atoms with Crippen LogP contribution in [-0.4, -0.2) is 29.1 Å². The molecular weight excluding hydrogens is 440 g/mol. The number of carbonyl (C=O) groups is 1. The first-order valence-electron chi connectivity index (χ1n) is 11.4. The van der Waals surface area contributed by atoms with E-state index in [1.165, 1.54) is 9.13 Å². The first kappa shape index (κ1) is 23.8. The minimum atomic E-state index is -0.590. The van der Waals surface area contributed by atoms with E-state index in [9.17, 15) is 14.4 Å². The van der Waals surface area contributed by atoms with Gasteiger partial charge in [-0.3, -0.25) is 23.5 Å². The number of hydrogen-bond acceptors (Lipinski definition) is 4. The van der Waals surface area contributed by atoms with E-state index >= 15 is 0 Å². The number of allylic oxidation sites excluding steroid dienone is 1. The number of fused-ring (bicyclic) bond motifs is 1. The second-order valence-electron chi connectivity index (χ2n) is 8.52. The molecule has 178 valence electrons. The maximum Gasteiger partial charge on any atom is 0.317 e. The van der Waals surface area contributed by atoms with Gasteiger partial charge in [0.05, 0.1) is 17.6 Å². The Labute approximate surface area is 203 Å². The normalized spacial score (nSPS) is 10.8. The van der Waals surface area contributed by atoms with E-state index in [4.69, 9.17) is 0 Å². The quantitative estimate of drug-likeness (QED) is 0.318. The summed E-state index contributed by atoms with van der Waals surface area (Å²) in [6, 6.07) is 22.4. The van der Waals surface area contributed by atoms with Crippen molar-refractivity contribution in [3.63, 3.8) is 0 Å². The SMILES string of the molecule is C=CCn1c(=O)c(=O)n(Cc2ccc(C(=O)NCc3ccc(N(C)C)cc3)cc2)c2ccccc21. The van der Waals surface area contributed by atoms with Gasteiger partial charge in [-0.05, 0) is 47.5 Å². The molecule has 4 aromatic rings. The molecule has 35 heavy (non-hydrogen) atoms. The molecule has 0 spiro atoms. The minimum absolute atomic E-state index is 0.178. The van der Waals surface area contributed by atoms with E-state index in [0.29, 0.717) is 23.1 Å². The van der Waals surface area contributed by atoms with Crippen LogP contribution in [0.4, 0.5) is 5.69 Å². The zero-order valence-electron chi connectivity index (χ0n) is 19.9. The third-order valence-corrected chi connectivity index (χ3v) is 5.91. The molecule has 1 amide bonds. The van der Waals surface area contributed by atoms with Crippen LogP contribution in [0.1, 0.15) is 21.5 Å². The molecule has 7 nitrogen and oxygen atoms in total.